The van der Waals surface area contributed by atoms with Gasteiger partial charge in [-0.15, -0.1) is 0 Å². The van der Waals surface area contributed by atoms with Crippen molar-refractivity contribution in [1.29, 1.82) is 5.26 Å². The van der Waals surface area contributed by atoms with Crippen LogP contribution >= 0.6 is 0 Å². The second-order valence-electron chi connectivity index (χ2n) is 5.03. The van der Waals surface area contributed by atoms with Gasteiger partial charge < -0.3 is 15.4 Å². The van der Waals surface area contributed by atoms with Crippen LogP contribution in [0, 0.1) is 11.3 Å². The van der Waals surface area contributed by atoms with E-state index in [2.05, 4.69) is 6.07 Å². The molecular formula is C13H23N3O2. The minimum absolute atomic E-state index is 0.0479. The minimum atomic E-state index is -0.324. The number of rotatable bonds is 7. The SMILES string of the molecule is COCCN(CCC#N)C(=O)CC1(N)CCCC1. The molecule has 1 saturated carbocycles. The molecule has 0 atom stereocenters. The first-order valence-electron chi connectivity index (χ1n) is 6.54. The zero-order valence-electron chi connectivity index (χ0n) is 11.2. The Bertz CT molecular complexity index is 306. The van der Waals surface area contributed by atoms with E-state index in [1.165, 1.54) is 0 Å². The van der Waals surface area contributed by atoms with Crippen molar-refractivity contribution in [2.75, 3.05) is 26.8 Å². The van der Waals surface area contributed by atoms with Gasteiger partial charge in [0.25, 0.3) is 0 Å². The van der Waals surface area contributed by atoms with Gasteiger partial charge in [-0.1, -0.05) is 12.8 Å². The molecule has 1 amide bonds. The lowest BCUT2D eigenvalue weighted by Crippen LogP contribution is -2.44. The number of hydrogen-bond donors (Lipinski definition) is 1. The molecule has 2 N–H and O–H groups in total. The second-order valence-corrected chi connectivity index (χ2v) is 5.03. The lowest BCUT2D eigenvalue weighted by molar-refractivity contribution is -0.133. The molecule has 0 aromatic rings. The number of nitrogens with two attached hydrogens (primary N) is 1. The molecule has 0 aromatic carbocycles. The van der Waals surface area contributed by atoms with Gasteiger partial charge in [-0.25, -0.2) is 0 Å². The quantitative estimate of drug-likeness (QED) is 0.735. The largest absolute Gasteiger partial charge is 0.383 e. The van der Waals surface area contributed by atoms with Gasteiger partial charge >= 0.3 is 0 Å². The highest BCUT2D eigenvalue weighted by atomic mass is 16.5. The van der Waals surface area contributed by atoms with Gasteiger partial charge in [-0.3, -0.25) is 4.79 Å². The predicted molar refractivity (Wildman–Crippen MR) is 68.7 cm³/mol. The van der Waals surface area contributed by atoms with Gasteiger partial charge in [0.05, 0.1) is 19.1 Å². The third-order valence-electron chi connectivity index (χ3n) is 3.51. The van der Waals surface area contributed by atoms with Gasteiger partial charge in [0, 0.05) is 32.2 Å². The average molecular weight is 253 g/mol. The molecule has 102 valence electrons. The van der Waals surface area contributed by atoms with E-state index in [4.69, 9.17) is 15.7 Å². The zero-order chi connectivity index (χ0) is 13.4. The topological polar surface area (TPSA) is 79.3 Å². The number of nitriles is 1. The molecular weight excluding hydrogens is 230 g/mol. The third kappa shape index (κ3) is 4.63. The number of hydrogen-bond acceptors (Lipinski definition) is 4. The molecule has 1 aliphatic rings. The third-order valence-corrected chi connectivity index (χ3v) is 3.51. The average Bonchev–Trinajstić information content (AvgIpc) is 2.75. The molecule has 0 saturated heterocycles. The summed E-state index contributed by atoms with van der Waals surface area (Å²) in [7, 11) is 1.61. The molecule has 0 aromatic heterocycles. The molecule has 0 aliphatic heterocycles. The van der Waals surface area contributed by atoms with Crippen LogP contribution in [0.1, 0.15) is 38.5 Å². The smallest absolute Gasteiger partial charge is 0.224 e. The Balaban J connectivity index is 2.49. The Kier molecular flexibility index (Phi) is 6.10. The molecule has 1 aliphatic carbocycles. The lowest BCUT2D eigenvalue weighted by Gasteiger charge is -2.28. The lowest BCUT2D eigenvalue weighted by atomic mass is 9.94. The first-order valence-corrected chi connectivity index (χ1v) is 6.54. The van der Waals surface area contributed by atoms with E-state index < -0.39 is 0 Å². The second kappa shape index (κ2) is 7.34. The van der Waals surface area contributed by atoms with Crippen molar-refractivity contribution in [2.24, 2.45) is 5.73 Å². The van der Waals surface area contributed by atoms with Crippen LogP contribution in [-0.2, 0) is 9.53 Å². The first kappa shape index (κ1) is 14.9. The predicted octanol–water partition coefficient (Wildman–Crippen LogP) is 1.04. The Morgan fingerprint density at radius 3 is 2.67 bits per heavy atom. The zero-order valence-corrected chi connectivity index (χ0v) is 11.2. The number of carbonyl (C=O) groups excluding carboxylic acids is 1. The van der Waals surface area contributed by atoms with Crippen molar-refractivity contribution in [1.82, 2.24) is 4.90 Å². The van der Waals surface area contributed by atoms with Crippen molar-refractivity contribution in [3.05, 3.63) is 0 Å². The van der Waals surface area contributed by atoms with Crippen molar-refractivity contribution in [3.8, 4) is 6.07 Å². The maximum atomic E-state index is 12.2. The molecule has 0 heterocycles. The van der Waals surface area contributed by atoms with Crippen LogP contribution in [-0.4, -0.2) is 43.2 Å². The van der Waals surface area contributed by atoms with Crippen molar-refractivity contribution >= 4 is 5.91 Å². The Hall–Kier alpha value is -1.12. The van der Waals surface area contributed by atoms with E-state index in [-0.39, 0.29) is 11.4 Å². The highest BCUT2D eigenvalue weighted by Crippen LogP contribution is 2.30. The van der Waals surface area contributed by atoms with Crippen LogP contribution in [0.15, 0.2) is 0 Å². The first-order chi connectivity index (χ1) is 8.61. The number of methoxy groups -OCH3 is 1. The maximum Gasteiger partial charge on any atom is 0.224 e. The summed E-state index contributed by atoms with van der Waals surface area (Å²) in [4.78, 5) is 13.9. The van der Waals surface area contributed by atoms with E-state index in [1.807, 2.05) is 0 Å². The monoisotopic (exact) mass is 253 g/mol. The van der Waals surface area contributed by atoms with Crippen LogP contribution in [0.2, 0.25) is 0 Å². The molecule has 5 nitrogen and oxygen atoms in total. The summed E-state index contributed by atoms with van der Waals surface area (Å²) >= 11 is 0. The molecule has 18 heavy (non-hydrogen) atoms. The van der Waals surface area contributed by atoms with Crippen LogP contribution in [0.4, 0.5) is 0 Å². The van der Waals surface area contributed by atoms with Crippen LogP contribution in [0.5, 0.6) is 0 Å². The van der Waals surface area contributed by atoms with Crippen LogP contribution < -0.4 is 5.73 Å². The molecule has 5 heteroatoms. The summed E-state index contributed by atoms with van der Waals surface area (Å²) in [6.45, 7) is 1.50. The van der Waals surface area contributed by atoms with E-state index in [0.717, 1.165) is 25.7 Å². The summed E-state index contributed by atoms with van der Waals surface area (Å²) in [5.74, 6) is 0.0479. The Labute approximate surface area is 109 Å². The van der Waals surface area contributed by atoms with Crippen molar-refractivity contribution in [3.63, 3.8) is 0 Å². The van der Waals surface area contributed by atoms with Gasteiger partial charge in [-0.2, -0.15) is 5.26 Å². The number of ether oxygens (including phenoxy) is 1. The fraction of sp³-hybridized carbons (Fsp3) is 0.846. The van der Waals surface area contributed by atoms with E-state index >= 15 is 0 Å². The van der Waals surface area contributed by atoms with Gasteiger partial charge in [0.15, 0.2) is 0 Å². The summed E-state index contributed by atoms with van der Waals surface area (Å²) < 4.78 is 4.99. The summed E-state index contributed by atoms with van der Waals surface area (Å²) in [6.07, 6.45) is 4.82. The Morgan fingerprint density at radius 1 is 1.44 bits per heavy atom. The van der Waals surface area contributed by atoms with Crippen molar-refractivity contribution in [2.45, 2.75) is 44.1 Å². The van der Waals surface area contributed by atoms with Crippen LogP contribution in [0.25, 0.3) is 0 Å². The van der Waals surface area contributed by atoms with Gasteiger partial charge in [0.1, 0.15) is 0 Å². The maximum absolute atomic E-state index is 12.2. The molecule has 1 rings (SSSR count). The number of amides is 1. The molecule has 0 radical (unpaired) electrons. The highest BCUT2D eigenvalue weighted by molar-refractivity contribution is 5.77. The number of carbonyl (C=O) groups is 1. The highest BCUT2D eigenvalue weighted by Gasteiger charge is 2.33. The van der Waals surface area contributed by atoms with E-state index in [0.29, 0.717) is 32.5 Å². The van der Waals surface area contributed by atoms with Crippen molar-refractivity contribution < 1.29 is 9.53 Å². The molecule has 0 unspecified atom stereocenters. The molecule has 0 bridgehead atoms. The van der Waals surface area contributed by atoms with Gasteiger partial charge in [0.2, 0.25) is 5.91 Å². The van der Waals surface area contributed by atoms with E-state index in [9.17, 15) is 4.79 Å². The fourth-order valence-electron chi connectivity index (χ4n) is 2.42. The summed E-state index contributed by atoms with van der Waals surface area (Å²) in [5, 5.41) is 8.61. The van der Waals surface area contributed by atoms with E-state index in [1.54, 1.807) is 12.0 Å². The van der Waals surface area contributed by atoms with Gasteiger partial charge in [-0.05, 0) is 12.8 Å². The molecule has 1 fully saturated rings. The minimum Gasteiger partial charge on any atom is -0.383 e. The molecule has 0 spiro atoms. The normalized spacial score (nSPS) is 17.4. The summed E-state index contributed by atoms with van der Waals surface area (Å²) in [5.41, 5.74) is 5.89. The number of nitrogens with zero attached hydrogens (tertiary/aromatic N) is 2. The summed E-state index contributed by atoms with van der Waals surface area (Å²) in [6, 6.07) is 2.07. The fourth-order valence-corrected chi connectivity index (χ4v) is 2.42. The van der Waals surface area contributed by atoms with Crippen LogP contribution in [0.3, 0.4) is 0 Å². The Morgan fingerprint density at radius 2 is 2.11 bits per heavy atom. The standard InChI is InChI=1S/C13H23N3O2/c1-18-10-9-16(8-4-7-14)12(17)11-13(15)5-2-3-6-13/h2-6,8-11,15H2,1H3.